The minimum Gasteiger partial charge on any atom is -0.326 e. The molecule has 3 heteroatoms. The smallest absolute Gasteiger partial charge is 0.0593 e. The third-order valence-electron chi connectivity index (χ3n) is 3.77. The summed E-state index contributed by atoms with van der Waals surface area (Å²) in [6.07, 6.45) is 0. The molecule has 2 nitrogen and oxygen atoms in total. The normalized spacial score (nSPS) is 14.4. The fraction of sp³-hybridized carbons (Fsp3) is 0.412. The fourth-order valence-electron chi connectivity index (χ4n) is 2.64. The minimum absolute atomic E-state index is 0.123. The highest BCUT2D eigenvalue weighted by atomic mass is 32.1. The summed E-state index contributed by atoms with van der Waals surface area (Å²) in [5, 5.41) is 2.13. The summed E-state index contributed by atoms with van der Waals surface area (Å²) in [5.41, 5.74) is 8.99. The Morgan fingerprint density at radius 3 is 2.50 bits per heavy atom. The van der Waals surface area contributed by atoms with Gasteiger partial charge in [-0.3, -0.25) is 4.90 Å². The Bertz CT molecular complexity index is 520. The van der Waals surface area contributed by atoms with Crippen molar-refractivity contribution in [1.29, 1.82) is 0 Å². The van der Waals surface area contributed by atoms with E-state index in [9.17, 15) is 0 Å². The van der Waals surface area contributed by atoms with E-state index in [1.54, 1.807) is 11.3 Å². The van der Waals surface area contributed by atoms with E-state index in [-0.39, 0.29) is 6.04 Å². The summed E-state index contributed by atoms with van der Waals surface area (Å²) in [6, 6.07) is 13.3. The summed E-state index contributed by atoms with van der Waals surface area (Å²) >= 11 is 1.80. The second-order valence-corrected chi connectivity index (χ2v) is 6.29. The lowest BCUT2D eigenvalue weighted by Gasteiger charge is -2.33. The van der Waals surface area contributed by atoms with Crippen molar-refractivity contribution in [3.05, 3.63) is 57.8 Å². The van der Waals surface area contributed by atoms with Crippen LogP contribution in [0.3, 0.4) is 0 Å². The van der Waals surface area contributed by atoms with Crippen molar-refractivity contribution >= 4 is 11.3 Å². The van der Waals surface area contributed by atoms with Gasteiger partial charge >= 0.3 is 0 Å². The van der Waals surface area contributed by atoms with Crippen LogP contribution < -0.4 is 5.73 Å². The van der Waals surface area contributed by atoms with Gasteiger partial charge in [-0.1, -0.05) is 37.3 Å². The average molecular weight is 288 g/mol. The van der Waals surface area contributed by atoms with Crippen LogP contribution in [0.15, 0.2) is 41.8 Å². The van der Waals surface area contributed by atoms with Crippen LogP contribution in [0.5, 0.6) is 0 Å². The molecule has 0 saturated heterocycles. The van der Waals surface area contributed by atoms with Crippen molar-refractivity contribution in [2.75, 3.05) is 6.54 Å². The molecule has 0 spiro atoms. The van der Waals surface area contributed by atoms with Gasteiger partial charge in [-0.05, 0) is 43.0 Å². The molecule has 0 aliphatic rings. The molecule has 0 fully saturated rings. The molecular weight excluding hydrogens is 264 g/mol. The van der Waals surface area contributed by atoms with E-state index >= 15 is 0 Å². The molecule has 2 aromatic rings. The second kappa shape index (κ2) is 7.02. The van der Waals surface area contributed by atoms with Crippen LogP contribution in [-0.4, -0.2) is 17.5 Å². The maximum absolute atomic E-state index is 6.26. The first-order valence-electron chi connectivity index (χ1n) is 7.21. The minimum atomic E-state index is 0.123. The first-order chi connectivity index (χ1) is 9.63. The molecular formula is C17H24N2S. The highest BCUT2D eigenvalue weighted by Gasteiger charge is 2.24. The van der Waals surface area contributed by atoms with E-state index < -0.39 is 0 Å². The highest BCUT2D eigenvalue weighted by Crippen LogP contribution is 2.29. The first-order valence-corrected chi connectivity index (χ1v) is 8.09. The molecule has 0 aliphatic carbocycles. The predicted molar refractivity (Wildman–Crippen MR) is 88.0 cm³/mol. The van der Waals surface area contributed by atoms with Crippen LogP contribution in [-0.2, 0) is 6.54 Å². The van der Waals surface area contributed by atoms with E-state index in [0.717, 1.165) is 13.1 Å². The molecule has 0 bridgehead atoms. The zero-order valence-electron chi connectivity index (χ0n) is 12.5. The van der Waals surface area contributed by atoms with E-state index in [1.165, 1.54) is 16.0 Å². The van der Waals surface area contributed by atoms with Crippen LogP contribution in [0.1, 0.15) is 35.9 Å². The lowest BCUT2D eigenvalue weighted by atomic mass is 10.0. The number of likely N-dealkylation sites (N-methyl/N-ethyl adjacent to an activating group) is 1. The molecule has 20 heavy (non-hydrogen) atoms. The van der Waals surface area contributed by atoms with Gasteiger partial charge in [-0.15, -0.1) is 11.3 Å². The molecule has 2 N–H and O–H groups in total. The average Bonchev–Trinajstić information content (AvgIpc) is 2.93. The van der Waals surface area contributed by atoms with Gasteiger partial charge in [0.25, 0.3) is 0 Å². The van der Waals surface area contributed by atoms with Crippen molar-refractivity contribution < 1.29 is 0 Å². The molecule has 1 heterocycles. The van der Waals surface area contributed by atoms with Crippen molar-refractivity contribution in [1.82, 2.24) is 4.90 Å². The topological polar surface area (TPSA) is 29.3 Å². The number of nitrogens with two attached hydrogens (primary N) is 1. The van der Waals surface area contributed by atoms with Gasteiger partial charge in [-0.25, -0.2) is 0 Å². The highest BCUT2D eigenvalue weighted by molar-refractivity contribution is 7.10. The van der Waals surface area contributed by atoms with Crippen LogP contribution in [0, 0.1) is 6.92 Å². The molecule has 2 atom stereocenters. The maximum atomic E-state index is 6.26. The summed E-state index contributed by atoms with van der Waals surface area (Å²) in [6.45, 7) is 8.44. The van der Waals surface area contributed by atoms with Gasteiger partial charge in [0.2, 0.25) is 0 Å². The lowest BCUT2D eigenvalue weighted by molar-refractivity contribution is 0.179. The van der Waals surface area contributed by atoms with E-state index in [4.69, 9.17) is 5.73 Å². The number of hydrogen-bond donors (Lipinski definition) is 1. The molecule has 0 saturated carbocycles. The van der Waals surface area contributed by atoms with Gasteiger partial charge in [0, 0.05) is 17.5 Å². The third-order valence-corrected chi connectivity index (χ3v) is 4.71. The Labute approximate surface area is 126 Å². The molecule has 108 valence electrons. The van der Waals surface area contributed by atoms with Crippen molar-refractivity contribution in [3.8, 4) is 0 Å². The molecule has 0 aliphatic heterocycles. The zero-order chi connectivity index (χ0) is 14.5. The second-order valence-electron chi connectivity index (χ2n) is 5.31. The molecule has 0 radical (unpaired) electrons. The molecule has 2 rings (SSSR count). The maximum Gasteiger partial charge on any atom is 0.0593 e. The molecule has 1 aromatic carbocycles. The largest absolute Gasteiger partial charge is 0.326 e. The van der Waals surface area contributed by atoms with Gasteiger partial charge < -0.3 is 5.73 Å². The monoisotopic (exact) mass is 288 g/mol. The molecule has 2 unspecified atom stereocenters. The Morgan fingerprint density at radius 2 is 1.95 bits per heavy atom. The summed E-state index contributed by atoms with van der Waals surface area (Å²) < 4.78 is 0. The van der Waals surface area contributed by atoms with Gasteiger partial charge in [0.05, 0.1) is 6.04 Å². The quantitative estimate of drug-likeness (QED) is 0.871. The Balaban J connectivity index is 2.24. The summed E-state index contributed by atoms with van der Waals surface area (Å²) in [7, 11) is 0. The van der Waals surface area contributed by atoms with Gasteiger partial charge in [0.15, 0.2) is 0 Å². The fourth-order valence-corrected chi connectivity index (χ4v) is 3.62. The SMILES string of the molecule is CCN(Cc1ccccc1C)C(c1cccs1)C(C)N. The van der Waals surface area contributed by atoms with Gasteiger partial charge in [-0.2, -0.15) is 0 Å². The first kappa shape index (κ1) is 15.2. The Morgan fingerprint density at radius 1 is 1.20 bits per heavy atom. The van der Waals surface area contributed by atoms with Crippen LogP contribution in [0.4, 0.5) is 0 Å². The standard InChI is InChI=1S/C17H24N2S/c1-4-19(12-15-9-6-5-8-13(15)2)17(14(3)18)16-10-7-11-20-16/h5-11,14,17H,4,12,18H2,1-3H3. The number of aryl methyl sites for hydroxylation is 1. The van der Waals surface area contributed by atoms with E-state index in [2.05, 4.69) is 67.4 Å². The van der Waals surface area contributed by atoms with Crippen LogP contribution in [0.2, 0.25) is 0 Å². The Kier molecular flexibility index (Phi) is 5.35. The summed E-state index contributed by atoms with van der Waals surface area (Å²) in [4.78, 5) is 3.83. The summed E-state index contributed by atoms with van der Waals surface area (Å²) in [5.74, 6) is 0. The zero-order valence-corrected chi connectivity index (χ0v) is 13.4. The number of hydrogen-bond acceptors (Lipinski definition) is 3. The number of nitrogens with zero attached hydrogens (tertiary/aromatic N) is 1. The van der Waals surface area contributed by atoms with Crippen LogP contribution >= 0.6 is 11.3 Å². The molecule has 1 aromatic heterocycles. The number of benzene rings is 1. The van der Waals surface area contributed by atoms with Crippen molar-refractivity contribution in [2.24, 2.45) is 5.73 Å². The third kappa shape index (κ3) is 3.48. The van der Waals surface area contributed by atoms with Crippen molar-refractivity contribution in [2.45, 2.75) is 39.4 Å². The lowest BCUT2D eigenvalue weighted by Crippen LogP contribution is -2.38. The van der Waals surface area contributed by atoms with Crippen LogP contribution in [0.25, 0.3) is 0 Å². The number of rotatable bonds is 6. The van der Waals surface area contributed by atoms with E-state index in [0.29, 0.717) is 6.04 Å². The van der Waals surface area contributed by atoms with E-state index in [1.807, 2.05) is 0 Å². The Hall–Kier alpha value is -1.16. The van der Waals surface area contributed by atoms with Gasteiger partial charge in [0.1, 0.15) is 0 Å². The molecule has 0 amide bonds. The number of thiophene rings is 1. The predicted octanol–water partition coefficient (Wildman–Crippen LogP) is 3.97. The van der Waals surface area contributed by atoms with Crippen molar-refractivity contribution in [3.63, 3.8) is 0 Å².